The average Bonchev–Trinajstić information content (AvgIpc) is 2.86. The average molecular weight is 268 g/mol. The largest absolute Gasteiger partial charge is 0.374 e. The minimum Gasteiger partial charge on any atom is -0.374 e. The molecule has 3 nitrogen and oxygen atoms in total. The molecule has 1 aromatic heterocycles. The number of morpholine rings is 1. The van der Waals surface area contributed by atoms with Gasteiger partial charge < -0.3 is 10.1 Å². The van der Waals surface area contributed by atoms with Crippen molar-refractivity contribution >= 4 is 11.3 Å². The van der Waals surface area contributed by atoms with Gasteiger partial charge in [-0.3, -0.25) is 4.90 Å². The van der Waals surface area contributed by atoms with Crippen LogP contribution in [-0.2, 0) is 17.7 Å². The maximum absolute atomic E-state index is 5.79. The Morgan fingerprint density at radius 1 is 1.50 bits per heavy atom. The molecule has 1 N–H and O–H groups in total. The highest BCUT2D eigenvalue weighted by Crippen LogP contribution is 2.17. The number of nitrogens with zero attached hydrogens (tertiary/aromatic N) is 1. The molecule has 1 unspecified atom stereocenters. The van der Waals surface area contributed by atoms with E-state index in [9.17, 15) is 0 Å². The third-order valence-corrected chi connectivity index (χ3v) is 4.51. The number of ether oxygens (including phenoxy) is 1. The van der Waals surface area contributed by atoms with Gasteiger partial charge in [-0.25, -0.2) is 0 Å². The van der Waals surface area contributed by atoms with E-state index in [1.54, 1.807) is 0 Å². The zero-order chi connectivity index (χ0) is 12.8. The van der Waals surface area contributed by atoms with Gasteiger partial charge in [0, 0.05) is 31.1 Å². The molecule has 1 saturated heterocycles. The van der Waals surface area contributed by atoms with Crippen LogP contribution in [0, 0.1) is 0 Å². The molecule has 1 aliphatic heterocycles. The van der Waals surface area contributed by atoms with Crippen LogP contribution >= 0.6 is 11.3 Å². The molecule has 102 valence electrons. The lowest BCUT2D eigenvalue weighted by Crippen LogP contribution is -2.46. The van der Waals surface area contributed by atoms with Crippen LogP contribution in [0.25, 0.3) is 0 Å². The third kappa shape index (κ3) is 3.79. The Morgan fingerprint density at radius 2 is 2.39 bits per heavy atom. The van der Waals surface area contributed by atoms with Gasteiger partial charge in [-0.05, 0) is 30.0 Å². The summed E-state index contributed by atoms with van der Waals surface area (Å²) in [4.78, 5) is 3.93. The molecule has 0 aliphatic carbocycles. The Morgan fingerprint density at radius 3 is 3.17 bits per heavy atom. The van der Waals surface area contributed by atoms with Crippen LogP contribution in [0.4, 0.5) is 0 Å². The molecule has 4 heteroatoms. The van der Waals surface area contributed by atoms with Crippen molar-refractivity contribution in [3.63, 3.8) is 0 Å². The van der Waals surface area contributed by atoms with Crippen molar-refractivity contribution in [2.45, 2.75) is 32.9 Å². The van der Waals surface area contributed by atoms with Crippen LogP contribution in [0.1, 0.15) is 24.3 Å². The smallest absolute Gasteiger partial charge is 0.0826 e. The van der Waals surface area contributed by atoms with Crippen LogP contribution < -0.4 is 5.32 Å². The van der Waals surface area contributed by atoms with E-state index in [1.807, 2.05) is 11.3 Å². The number of likely N-dealkylation sites (N-methyl/N-ethyl adjacent to an activating group) is 1. The SMILES string of the molecule is CCc1ccsc1CNCC1CN(CC)CCO1. The van der Waals surface area contributed by atoms with E-state index in [4.69, 9.17) is 4.74 Å². The van der Waals surface area contributed by atoms with Crippen molar-refractivity contribution in [2.24, 2.45) is 0 Å². The van der Waals surface area contributed by atoms with E-state index in [-0.39, 0.29) is 0 Å². The summed E-state index contributed by atoms with van der Waals surface area (Å²) in [5, 5.41) is 5.72. The molecule has 1 aliphatic rings. The molecule has 0 aromatic carbocycles. The molecule has 0 spiro atoms. The van der Waals surface area contributed by atoms with Crippen molar-refractivity contribution in [3.05, 3.63) is 21.9 Å². The number of hydrogen-bond donors (Lipinski definition) is 1. The first-order valence-electron chi connectivity index (χ1n) is 6.93. The Bertz CT molecular complexity index is 353. The van der Waals surface area contributed by atoms with Gasteiger partial charge in [-0.2, -0.15) is 0 Å². The number of rotatable bonds is 6. The van der Waals surface area contributed by atoms with Gasteiger partial charge in [0.1, 0.15) is 0 Å². The van der Waals surface area contributed by atoms with Crippen LogP contribution in [0.15, 0.2) is 11.4 Å². The summed E-state index contributed by atoms with van der Waals surface area (Å²) in [7, 11) is 0. The Hall–Kier alpha value is -0.420. The molecule has 1 atom stereocenters. The Labute approximate surface area is 114 Å². The predicted octanol–water partition coefficient (Wildman–Crippen LogP) is 2.12. The van der Waals surface area contributed by atoms with Gasteiger partial charge in [-0.15, -0.1) is 11.3 Å². The van der Waals surface area contributed by atoms with Crippen LogP contribution in [0.2, 0.25) is 0 Å². The maximum Gasteiger partial charge on any atom is 0.0826 e. The third-order valence-electron chi connectivity index (χ3n) is 3.55. The second-order valence-corrected chi connectivity index (χ2v) is 5.74. The van der Waals surface area contributed by atoms with Gasteiger partial charge >= 0.3 is 0 Å². The van der Waals surface area contributed by atoms with E-state index in [0.29, 0.717) is 6.10 Å². The molecule has 2 heterocycles. The summed E-state index contributed by atoms with van der Waals surface area (Å²) in [6, 6.07) is 2.23. The quantitative estimate of drug-likeness (QED) is 0.855. The zero-order valence-electron chi connectivity index (χ0n) is 11.4. The normalized spacial score (nSPS) is 21.3. The lowest BCUT2D eigenvalue weighted by atomic mass is 10.2. The van der Waals surface area contributed by atoms with E-state index in [2.05, 4.69) is 35.5 Å². The van der Waals surface area contributed by atoms with Gasteiger partial charge in [0.05, 0.1) is 12.7 Å². The molecule has 1 fully saturated rings. The fraction of sp³-hybridized carbons (Fsp3) is 0.714. The van der Waals surface area contributed by atoms with E-state index in [0.717, 1.165) is 45.8 Å². The van der Waals surface area contributed by atoms with Gasteiger partial charge in [0.2, 0.25) is 0 Å². The number of aryl methyl sites for hydroxylation is 1. The monoisotopic (exact) mass is 268 g/mol. The summed E-state index contributed by atoms with van der Waals surface area (Å²) in [5.74, 6) is 0. The summed E-state index contributed by atoms with van der Waals surface area (Å²) >= 11 is 1.85. The Balaban J connectivity index is 1.72. The van der Waals surface area contributed by atoms with E-state index >= 15 is 0 Å². The molecule has 1 aromatic rings. The molecular formula is C14H24N2OS. The second-order valence-electron chi connectivity index (χ2n) is 4.74. The maximum atomic E-state index is 5.79. The standard InChI is InChI=1S/C14H24N2OS/c1-3-12-5-8-18-14(12)10-15-9-13-11-16(4-2)6-7-17-13/h5,8,13,15H,3-4,6-7,9-11H2,1-2H3. The van der Waals surface area contributed by atoms with E-state index < -0.39 is 0 Å². The second kappa shape index (κ2) is 7.24. The first-order valence-corrected chi connectivity index (χ1v) is 7.81. The first-order chi connectivity index (χ1) is 8.83. The molecular weight excluding hydrogens is 244 g/mol. The van der Waals surface area contributed by atoms with E-state index in [1.165, 1.54) is 10.4 Å². The Kier molecular flexibility index (Phi) is 5.63. The number of nitrogens with one attached hydrogen (secondary N) is 1. The van der Waals surface area contributed by atoms with Gasteiger partial charge in [0.25, 0.3) is 0 Å². The van der Waals surface area contributed by atoms with Crippen LogP contribution in [0.5, 0.6) is 0 Å². The summed E-state index contributed by atoms with van der Waals surface area (Å²) in [6.07, 6.45) is 1.48. The van der Waals surface area contributed by atoms with Crippen molar-refractivity contribution in [1.82, 2.24) is 10.2 Å². The van der Waals surface area contributed by atoms with Crippen LogP contribution in [-0.4, -0.2) is 43.8 Å². The van der Waals surface area contributed by atoms with Crippen molar-refractivity contribution in [1.29, 1.82) is 0 Å². The topological polar surface area (TPSA) is 24.5 Å². The first kappa shape index (κ1) is 14.0. The van der Waals surface area contributed by atoms with Crippen molar-refractivity contribution in [3.8, 4) is 0 Å². The molecule has 0 bridgehead atoms. The fourth-order valence-corrected chi connectivity index (χ4v) is 3.32. The summed E-state index contributed by atoms with van der Waals surface area (Å²) in [6.45, 7) is 10.5. The van der Waals surface area contributed by atoms with Gasteiger partial charge in [-0.1, -0.05) is 13.8 Å². The minimum atomic E-state index is 0.351. The summed E-state index contributed by atoms with van der Waals surface area (Å²) in [5.41, 5.74) is 1.48. The van der Waals surface area contributed by atoms with Crippen LogP contribution in [0.3, 0.4) is 0 Å². The predicted molar refractivity (Wildman–Crippen MR) is 77.3 cm³/mol. The lowest BCUT2D eigenvalue weighted by Gasteiger charge is -2.32. The minimum absolute atomic E-state index is 0.351. The molecule has 2 rings (SSSR count). The highest BCUT2D eigenvalue weighted by molar-refractivity contribution is 7.10. The zero-order valence-corrected chi connectivity index (χ0v) is 12.3. The van der Waals surface area contributed by atoms with Crippen molar-refractivity contribution in [2.75, 3.05) is 32.8 Å². The number of thiophene rings is 1. The highest BCUT2D eigenvalue weighted by Gasteiger charge is 2.18. The number of hydrogen-bond acceptors (Lipinski definition) is 4. The lowest BCUT2D eigenvalue weighted by molar-refractivity contribution is -0.0253. The molecule has 0 radical (unpaired) electrons. The molecule has 0 amide bonds. The van der Waals surface area contributed by atoms with Gasteiger partial charge in [0.15, 0.2) is 0 Å². The van der Waals surface area contributed by atoms with Crippen molar-refractivity contribution < 1.29 is 4.74 Å². The molecule has 0 saturated carbocycles. The fourth-order valence-electron chi connectivity index (χ4n) is 2.37. The highest BCUT2D eigenvalue weighted by atomic mass is 32.1. The summed E-state index contributed by atoms with van der Waals surface area (Å²) < 4.78 is 5.79. The molecule has 18 heavy (non-hydrogen) atoms.